The van der Waals surface area contributed by atoms with Gasteiger partial charge in [-0.05, 0) is 161 Å². The molecule has 13 rings (SSSR count). The minimum absolute atomic E-state index is 0.0161. The van der Waals surface area contributed by atoms with Crippen LogP contribution in [-0.4, -0.2) is 0 Å². The van der Waals surface area contributed by atoms with E-state index in [1.807, 2.05) is 12.1 Å². The quantitative estimate of drug-likeness (QED) is 0.165. The third-order valence-corrected chi connectivity index (χ3v) is 14.8. The highest BCUT2D eigenvalue weighted by atomic mass is 16.5. The van der Waals surface area contributed by atoms with Crippen molar-refractivity contribution in [3.63, 3.8) is 0 Å². The monoisotopic (exact) mass is 848 g/mol. The summed E-state index contributed by atoms with van der Waals surface area (Å²) < 4.78 is 12.9. The lowest BCUT2D eigenvalue weighted by molar-refractivity contribution is 0.197. The highest BCUT2D eigenvalue weighted by Gasteiger charge is 2.38. The van der Waals surface area contributed by atoms with E-state index < -0.39 is 0 Å². The van der Waals surface area contributed by atoms with Crippen LogP contribution in [0.15, 0.2) is 198 Å². The van der Waals surface area contributed by atoms with Crippen LogP contribution < -0.4 is 4.74 Å². The van der Waals surface area contributed by atoms with Crippen LogP contribution in [0.25, 0.3) is 99.4 Å². The molecule has 3 aliphatic rings. The summed E-state index contributed by atoms with van der Waals surface area (Å²) in [6.45, 7) is 6.85. The van der Waals surface area contributed by atoms with Crippen LogP contribution in [0.3, 0.4) is 0 Å². The standard InChI is InChI=1S/C64H48O2/c1-39-63-53(18-10-13-44-12-4-9-21-60(44)65-39)57-37-46(32-35-61(57)66-63)43-28-24-41(25-29-43)40-22-26-42(27-23-40)45-30-33-51-52-34-31-47(38-56(52)50-15-6-5-14-49(50)55(51)36-45)48-17-11-20-59-62(48)54-16-7-8-19-58(54)64(59,2)3/h4-6,8-12,14-15,17-39H,7,13,16H2,1-3H3/b18-10-. The number of fused-ring (bicyclic) bond motifs is 12. The van der Waals surface area contributed by atoms with Gasteiger partial charge in [0, 0.05) is 16.4 Å². The van der Waals surface area contributed by atoms with Gasteiger partial charge in [-0.2, -0.15) is 0 Å². The Morgan fingerprint density at radius 2 is 1.08 bits per heavy atom. The molecule has 2 nitrogen and oxygen atoms in total. The Hall–Kier alpha value is -7.68. The second kappa shape index (κ2) is 14.9. The molecule has 0 fully saturated rings. The van der Waals surface area contributed by atoms with E-state index in [0.29, 0.717) is 0 Å². The number of furan rings is 1. The number of rotatable bonds is 4. The fraction of sp³-hybridized carbons (Fsp3) is 0.125. The second-order valence-corrected chi connectivity index (χ2v) is 19.0. The van der Waals surface area contributed by atoms with Crippen molar-refractivity contribution in [3.05, 3.63) is 222 Å². The Labute approximate surface area is 385 Å². The topological polar surface area (TPSA) is 22.4 Å². The minimum atomic E-state index is -0.211. The van der Waals surface area contributed by atoms with Gasteiger partial charge in [0.2, 0.25) is 0 Å². The molecule has 0 radical (unpaired) electrons. The van der Waals surface area contributed by atoms with E-state index in [0.717, 1.165) is 52.9 Å². The first-order chi connectivity index (χ1) is 32.4. The third-order valence-electron chi connectivity index (χ3n) is 14.8. The summed E-state index contributed by atoms with van der Waals surface area (Å²) in [5.74, 6) is 1.77. The zero-order valence-electron chi connectivity index (χ0n) is 37.5. The maximum Gasteiger partial charge on any atom is 0.154 e. The van der Waals surface area contributed by atoms with Gasteiger partial charge in [0.25, 0.3) is 0 Å². The van der Waals surface area contributed by atoms with Crippen LogP contribution in [0.5, 0.6) is 5.75 Å². The smallest absolute Gasteiger partial charge is 0.154 e. The maximum absolute atomic E-state index is 6.44. The molecule has 2 aliphatic carbocycles. The Morgan fingerprint density at radius 1 is 0.500 bits per heavy atom. The van der Waals surface area contributed by atoms with Gasteiger partial charge >= 0.3 is 0 Å². The van der Waals surface area contributed by atoms with Crippen molar-refractivity contribution in [1.82, 2.24) is 0 Å². The molecule has 0 bridgehead atoms. The largest absolute Gasteiger partial charge is 0.482 e. The lowest BCUT2D eigenvalue weighted by Crippen LogP contribution is -2.16. The SMILES string of the molecule is CC1Oc2ccccc2C/C=C\c2c1oc1ccc(-c3ccc(-c4ccc(-c5ccc6c7ccc(-c8cccc9c8C8=C(C=CCC8)C9(C)C)cc7c7ccccc7c6c5)cc4)cc3)cc21. The normalized spacial score (nSPS) is 16.6. The van der Waals surface area contributed by atoms with Crippen molar-refractivity contribution in [1.29, 1.82) is 0 Å². The van der Waals surface area contributed by atoms with E-state index in [9.17, 15) is 0 Å². The molecule has 0 N–H and O–H groups in total. The van der Waals surface area contributed by atoms with Crippen LogP contribution in [-0.2, 0) is 11.8 Å². The first-order valence-corrected chi connectivity index (χ1v) is 23.5. The van der Waals surface area contributed by atoms with Gasteiger partial charge < -0.3 is 9.15 Å². The number of allylic oxidation sites excluding steroid dienone is 5. The predicted molar refractivity (Wildman–Crippen MR) is 277 cm³/mol. The van der Waals surface area contributed by atoms with Gasteiger partial charge in [0.05, 0.1) is 0 Å². The molecule has 316 valence electrons. The van der Waals surface area contributed by atoms with Crippen molar-refractivity contribution < 1.29 is 9.15 Å². The Bertz CT molecular complexity index is 3700. The molecule has 10 aromatic rings. The fourth-order valence-electron chi connectivity index (χ4n) is 11.4. The molecule has 1 aromatic heterocycles. The van der Waals surface area contributed by atoms with Crippen molar-refractivity contribution in [3.8, 4) is 50.3 Å². The van der Waals surface area contributed by atoms with Gasteiger partial charge in [0.15, 0.2) is 11.9 Å². The molecule has 2 heteroatoms. The zero-order valence-corrected chi connectivity index (χ0v) is 37.5. The summed E-state index contributed by atoms with van der Waals surface area (Å²) in [7, 11) is 0. The maximum atomic E-state index is 6.44. The Morgan fingerprint density at radius 3 is 1.79 bits per heavy atom. The van der Waals surface area contributed by atoms with Gasteiger partial charge in [-0.15, -0.1) is 0 Å². The second-order valence-electron chi connectivity index (χ2n) is 19.0. The Kier molecular flexibility index (Phi) is 8.77. The molecule has 0 spiro atoms. The van der Waals surface area contributed by atoms with Gasteiger partial charge in [-0.1, -0.05) is 178 Å². The lowest BCUT2D eigenvalue weighted by Gasteiger charge is -2.24. The summed E-state index contributed by atoms with van der Waals surface area (Å²) in [4.78, 5) is 0. The van der Waals surface area contributed by atoms with E-state index in [4.69, 9.17) is 9.15 Å². The first kappa shape index (κ1) is 38.8. The number of benzene rings is 9. The van der Waals surface area contributed by atoms with Crippen LogP contribution >= 0.6 is 0 Å². The molecule has 1 aliphatic heterocycles. The minimum Gasteiger partial charge on any atom is -0.482 e. The zero-order chi connectivity index (χ0) is 44.1. The third kappa shape index (κ3) is 6.08. The van der Waals surface area contributed by atoms with Crippen molar-refractivity contribution in [2.75, 3.05) is 0 Å². The molecule has 0 saturated heterocycles. The molecular formula is C64H48O2. The number of ether oxygens (including phenoxy) is 1. The molecule has 1 atom stereocenters. The van der Waals surface area contributed by atoms with Crippen molar-refractivity contribution in [2.24, 2.45) is 0 Å². The van der Waals surface area contributed by atoms with E-state index in [1.165, 1.54) is 99.1 Å². The van der Waals surface area contributed by atoms with E-state index in [2.05, 4.69) is 203 Å². The van der Waals surface area contributed by atoms with Gasteiger partial charge in [-0.25, -0.2) is 0 Å². The van der Waals surface area contributed by atoms with E-state index in [-0.39, 0.29) is 11.5 Å². The molecular weight excluding hydrogens is 801 g/mol. The van der Waals surface area contributed by atoms with E-state index >= 15 is 0 Å². The molecule has 66 heavy (non-hydrogen) atoms. The number of hydrogen-bond donors (Lipinski definition) is 0. The molecule has 9 aromatic carbocycles. The summed E-state index contributed by atoms with van der Waals surface area (Å²) in [6, 6.07) is 62.9. The molecule has 0 amide bonds. The predicted octanol–water partition coefficient (Wildman–Crippen LogP) is 17.7. The number of hydrogen-bond acceptors (Lipinski definition) is 2. The summed E-state index contributed by atoms with van der Waals surface area (Å²) in [6.07, 6.45) is 12.0. The van der Waals surface area contributed by atoms with Crippen LogP contribution in [0.1, 0.15) is 67.7 Å². The Balaban J connectivity index is 0.802. The molecule has 2 heterocycles. The van der Waals surface area contributed by atoms with Crippen LogP contribution in [0.4, 0.5) is 0 Å². The average molecular weight is 849 g/mol. The van der Waals surface area contributed by atoms with Gasteiger partial charge in [-0.3, -0.25) is 0 Å². The first-order valence-electron chi connectivity index (χ1n) is 23.5. The fourth-order valence-corrected chi connectivity index (χ4v) is 11.4. The molecule has 0 saturated carbocycles. The van der Waals surface area contributed by atoms with E-state index in [1.54, 1.807) is 0 Å². The molecule has 1 unspecified atom stereocenters. The van der Waals surface area contributed by atoms with Gasteiger partial charge in [0.1, 0.15) is 11.3 Å². The summed E-state index contributed by atoms with van der Waals surface area (Å²) >= 11 is 0. The highest BCUT2D eigenvalue weighted by molar-refractivity contribution is 6.26. The lowest BCUT2D eigenvalue weighted by atomic mass is 9.80. The van der Waals surface area contributed by atoms with Crippen LogP contribution in [0.2, 0.25) is 0 Å². The number of para-hydroxylation sites is 1. The summed E-state index contributed by atoms with van der Waals surface area (Å²) in [5, 5.41) is 8.87. The van der Waals surface area contributed by atoms with Crippen LogP contribution in [0, 0.1) is 0 Å². The van der Waals surface area contributed by atoms with Crippen molar-refractivity contribution in [2.45, 2.75) is 51.6 Å². The highest BCUT2D eigenvalue weighted by Crippen LogP contribution is 2.53. The summed E-state index contributed by atoms with van der Waals surface area (Å²) in [5.41, 5.74) is 18.9. The average Bonchev–Trinajstić information content (AvgIpc) is 3.87. The van der Waals surface area contributed by atoms with Crippen molar-refractivity contribution >= 4 is 54.9 Å².